The summed E-state index contributed by atoms with van der Waals surface area (Å²) in [5, 5.41) is 9.83. The normalized spacial score (nSPS) is 10.5. The zero-order chi connectivity index (χ0) is 16.1. The topological polar surface area (TPSA) is 59.0 Å². The number of carbonyl (C=O) groups is 1. The van der Waals surface area contributed by atoms with Gasteiger partial charge < -0.3 is 10.6 Å². The molecule has 0 saturated heterocycles. The Morgan fingerprint density at radius 3 is 2.77 bits per heavy atom. The molecule has 5 nitrogen and oxygen atoms in total. The first-order chi connectivity index (χ1) is 10.5. The third-order valence-corrected chi connectivity index (χ3v) is 3.57. The zero-order valence-corrected chi connectivity index (χ0v) is 13.1. The Hall–Kier alpha value is -2.37. The molecular formula is C16H21FN4O. The molecule has 0 fully saturated rings. The van der Waals surface area contributed by atoms with Crippen molar-refractivity contribution in [2.75, 3.05) is 11.9 Å². The van der Waals surface area contributed by atoms with Gasteiger partial charge in [0, 0.05) is 24.5 Å². The number of benzene rings is 1. The van der Waals surface area contributed by atoms with Gasteiger partial charge in [-0.05, 0) is 51.0 Å². The van der Waals surface area contributed by atoms with E-state index in [4.69, 9.17) is 0 Å². The Morgan fingerprint density at radius 2 is 2.14 bits per heavy atom. The molecule has 2 amide bonds. The molecule has 0 bridgehead atoms. The van der Waals surface area contributed by atoms with Crippen molar-refractivity contribution in [2.24, 2.45) is 0 Å². The summed E-state index contributed by atoms with van der Waals surface area (Å²) in [7, 11) is 0. The lowest BCUT2D eigenvalue weighted by molar-refractivity contribution is 0.252. The van der Waals surface area contributed by atoms with Crippen LogP contribution in [0.3, 0.4) is 0 Å². The summed E-state index contributed by atoms with van der Waals surface area (Å²) in [5.41, 5.74) is 3.72. The Labute approximate surface area is 129 Å². The molecule has 1 aromatic carbocycles. The van der Waals surface area contributed by atoms with Crippen molar-refractivity contribution in [3.8, 4) is 0 Å². The lowest BCUT2D eigenvalue weighted by Crippen LogP contribution is -2.30. The molecule has 0 atom stereocenters. The first-order valence-electron chi connectivity index (χ1n) is 7.34. The van der Waals surface area contributed by atoms with Crippen molar-refractivity contribution in [1.29, 1.82) is 0 Å². The van der Waals surface area contributed by atoms with E-state index in [0.29, 0.717) is 18.7 Å². The third kappa shape index (κ3) is 3.84. The SMILES string of the molecule is CCn1nc(C)c(CCNC(=O)Nc2cccc(F)c2)c1C. The molecule has 1 heterocycles. The summed E-state index contributed by atoms with van der Waals surface area (Å²) >= 11 is 0. The van der Waals surface area contributed by atoms with Gasteiger partial charge in [-0.3, -0.25) is 4.68 Å². The van der Waals surface area contributed by atoms with Crippen LogP contribution in [0.2, 0.25) is 0 Å². The largest absolute Gasteiger partial charge is 0.338 e. The number of hydrogen-bond acceptors (Lipinski definition) is 2. The van der Waals surface area contributed by atoms with Crippen LogP contribution in [0.25, 0.3) is 0 Å². The number of halogens is 1. The summed E-state index contributed by atoms with van der Waals surface area (Å²) in [6.07, 6.45) is 0.717. The van der Waals surface area contributed by atoms with Crippen LogP contribution in [0.5, 0.6) is 0 Å². The summed E-state index contributed by atoms with van der Waals surface area (Å²) in [4.78, 5) is 11.8. The van der Waals surface area contributed by atoms with Crippen molar-refractivity contribution in [3.63, 3.8) is 0 Å². The number of carbonyl (C=O) groups excluding carboxylic acids is 1. The van der Waals surface area contributed by atoms with Crippen LogP contribution in [-0.2, 0) is 13.0 Å². The summed E-state index contributed by atoms with van der Waals surface area (Å²) in [6.45, 7) is 7.39. The predicted molar refractivity (Wildman–Crippen MR) is 84.5 cm³/mol. The Bertz CT molecular complexity index is 666. The van der Waals surface area contributed by atoms with Crippen molar-refractivity contribution < 1.29 is 9.18 Å². The molecule has 6 heteroatoms. The second kappa shape index (κ2) is 7.06. The number of aryl methyl sites for hydroxylation is 2. The average Bonchev–Trinajstić information content (AvgIpc) is 2.74. The first-order valence-corrected chi connectivity index (χ1v) is 7.34. The fraction of sp³-hybridized carbons (Fsp3) is 0.375. The van der Waals surface area contributed by atoms with Gasteiger partial charge in [-0.1, -0.05) is 6.07 Å². The van der Waals surface area contributed by atoms with Gasteiger partial charge in [0.2, 0.25) is 0 Å². The van der Waals surface area contributed by atoms with E-state index in [-0.39, 0.29) is 11.8 Å². The minimum atomic E-state index is -0.379. The second-order valence-electron chi connectivity index (χ2n) is 5.11. The molecule has 2 N–H and O–H groups in total. The maximum atomic E-state index is 13.0. The van der Waals surface area contributed by atoms with Crippen LogP contribution in [0.4, 0.5) is 14.9 Å². The maximum Gasteiger partial charge on any atom is 0.319 e. The van der Waals surface area contributed by atoms with E-state index in [1.165, 1.54) is 12.1 Å². The van der Waals surface area contributed by atoms with Gasteiger partial charge in [-0.25, -0.2) is 9.18 Å². The van der Waals surface area contributed by atoms with Crippen LogP contribution in [0.15, 0.2) is 24.3 Å². The molecule has 0 aliphatic rings. The van der Waals surface area contributed by atoms with Gasteiger partial charge in [-0.15, -0.1) is 0 Å². The molecule has 1 aromatic heterocycles. The Kier molecular flexibility index (Phi) is 5.14. The van der Waals surface area contributed by atoms with Crippen LogP contribution in [0, 0.1) is 19.7 Å². The summed E-state index contributed by atoms with van der Waals surface area (Å²) < 4.78 is 15.0. The quantitative estimate of drug-likeness (QED) is 0.892. The Morgan fingerprint density at radius 1 is 1.36 bits per heavy atom. The highest BCUT2D eigenvalue weighted by Gasteiger charge is 2.10. The molecule has 2 rings (SSSR count). The second-order valence-corrected chi connectivity index (χ2v) is 5.11. The van der Waals surface area contributed by atoms with E-state index in [0.717, 1.165) is 23.5 Å². The van der Waals surface area contributed by atoms with E-state index in [1.807, 2.05) is 25.5 Å². The van der Waals surface area contributed by atoms with E-state index in [9.17, 15) is 9.18 Å². The number of rotatable bonds is 5. The number of amides is 2. The van der Waals surface area contributed by atoms with Gasteiger partial charge in [-0.2, -0.15) is 5.10 Å². The smallest absolute Gasteiger partial charge is 0.319 e. The van der Waals surface area contributed by atoms with Gasteiger partial charge in [0.1, 0.15) is 5.82 Å². The highest BCUT2D eigenvalue weighted by Crippen LogP contribution is 2.13. The minimum Gasteiger partial charge on any atom is -0.338 e. The lowest BCUT2D eigenvalue weighted by Gasteiger charge is -2.08. The summed E-state index contributed by atoms with van der Waals surface area (Å²) in [5.74, 6) is -0.379. The number of anilines is 1. The van der Waals surface area contributed by atoms with Crippen molar-refractivity contribution in [3.05, 3.63) is 47.0 Å². The van der Waals surface area contributed by atoms with Crippen LogP contribution in [-0.4, -0.2) is 22.4 Å². The third-order valence-electron chi connectivity index (χ3n) is 3.57. The number of nitrogens with zero attached hydrogens (tertiary/aromatic N) is 2. The van der Waals surface area contributed by atoms with Crippen LogP contribution in [0.1, 0.15) is 23.9 Å². The van der Waals surface area contributed by atoms with E-state index >= 15 is 0 Å². The molecule has 0 aliphatic carbocycles. The lowest BCUT2D eigenvalue weighted by atomic mass is 10.1. The molecule has 0 unspecified atom stereocenters. The molecular weight excluding hydrogens is 283 g/mol. The zero-order valence-electron chi connectivity index (χ0n) is 13.1. The van der Waals surface area contributed by atoms with Crippen LogP contribution < -0.4 is 10.6 Å². The molecule has 0 saturated carbocycles. The standard InChI is InChI=1S/C16H21FN4O/c1-4-21-12(3)15(11(2)20-21)8-9-18-16(22)19-14-7-5-6-13(17)10-14/h5-7,10H,4,8-9H2,1-3H3,(H2,18,19,22). The molecule has 0 spiro atoms. The number of hydrogen-bond donors (Lipinski definition) is 2. The van der Waals surface area contributed by atoms with Crippen molar-refractivity contribution in [2.45, 2.75) is 33.7 Å². The maximum absolute atomic E-state index is 13.0. The average molecular weight is 304 g/mol. The first kappa shape index (κ1) is 16.0. The molecule has 0 radical (unpaired) electrons. The number of urea groups is 1. The fourth-order valence-corrected chi connectivity index (χ4v) is 2.45. The van der Waals surface area contributed by atoms with Crippen molar-refractivity contribution in [1.82, 2.24) is 15.1 Å². The number of nitrogens with one attached hydrogen (secondary N) is 2. The van der Waals surface area contributed by atoms with E-state index < -0.39 is 0 Å². The number of aromatic nitrogens is 2. The highest BCUT2D eigenvalue weighted by molar-refractivity contribution is 5.89. The Balaban J connectivity index is 1.86. The molecule has 22 heavy (non-hydrogen) atoms. The molecule has 2 aromatic rings. The summed E-state index contributed by atoms with van der Waals surface area (Å²) in [6, 6.07) is 5.46. The van der Waals surface area contributed by atoms with Gasteiger partial charge in [0.15, 0.2) is 0 Å². The molecule has 118 valence electrons. The van der Waals surface area contributed by atoms with E-state index in [2.05, 4.69) is 15.7 Å². The minimum absolute atomic E-state index is 0.344. The fourth-order valence-electron chi connectivity index (χ4n) is 2.45. The van der Waals surface area contributed by atoms with Crippen molar-refractivity contribution >= 4 is 11.7 Å². The molecule has 0 aliphatic heterocycles. The van der Waals surface area contributed by atoms with Gasteiger partial charge >= 0.3 is 6.03 Å². The predicted octanol–water partition coefficient (Wildman–Crippen LogP) is 3.02. The van der Waals surface area contributed by atoms with Gasteiger partial charge in [0.25, 0.3) is 0 Å². The highest BCUT2D eigenvalue weighted by atomic mass is 19.1. The monoisotopic (exact) mass is 304 g/mol. The van der Waals surface area contributed by atoms with Crippen LogP contribution >= 0.6 is 0 Å². The van der Waals surface area contributed by atoms with Gasteiger partial charge in [0.05, 0.1) is 5.69 Å². The van der Waals surface area contributed by atoms with E-state index in [1.54, 1.807) is 12.1 Å².